The third-order valence-corrected chi connectivity index (χ3v) is 3.21. The van der Waals surface area contributed by atoms with Crippen LogP contribution in [0.25, 0.3) is 0 Å². The van der Waals surface area contributed by atoms with Gasteiger partial charge in [0.1, 0.15) is 5.78 Å². The Hall–Kier alpha value is -1.02. The Kier molecular flexibility index (Phi) is 4.47. The van der Waals surface area contributed by atoms with Gasteiger partial charge in [-0.15, -0.1) is 18.3 Å². The molecule has 1 unspecified atom stereocenters. The van der Waals surface area contributed by atoms with Gasteiger partial charge in [0, 0.05) is 4.90 Å². The van der Waals surface area contributed by atoms with Gasteiger partial charge in [-0.3, -0.25) is 4.79 Å². The molecule has 74 valence electrons. The number of Topliss-reactive ketones (excluding diaryl/α,β-unsaturated/α-hetero) is 1. The van der Waals surface area contributed by atoms with Gasteiger partial charge in [0.15, 0.2) is 0 Å². The van der Waals surface area contributed by atoms with Crippen molar-refractivity contribution >= 4 is 17.5 Å². The van der Waals surface area contributed by atoms with Gasteiger partial charge in [0.25, 0.3) is 0 Å². The van der Waals surface area contributed by atoms with Gasteiger partial charge in [-0.05, 0) is 25.5 Å². The minimum absolute atomic E-state index is 0.00917. The van der Waals surface area contributed by atoms with Gasteiger partial charge in [-0.1, -0.05) is 24.3 Å². The molecule has 0 aromatic heterocycles. The van der Waals surface area contributed by atoms with Crippen molar-refractivity contribution < 1.29 is 4.79 Å². The first-order valence-electron chi connectivity index (χ1n) is 4.57. The fourth-order valence-electron chi connectivity index (χ4n) is 1.11. The highest BCUT2D eigenvalue weighted by Crippen LogP contribution is 2.25. The van der Waals surface area contributed by atoms with Gasteiger partial charge >= 0.3 is 0 Å². The normalized spacial score (nSPS) is 12.1. The highest BCUT2D eigenvalue weighted by atomic mass is 32.2. The van der Waals surface area contributed by atoms with Crippen LogP contribution in [0.1, 0.15) is 13.3 Å². The number of carbonyl (C=O) groups is 1. The van der Waals surface area contributed by atoms with E-state index in [0.29, 0.717) is 0 Å². The Morgan fingerprint density at radius 2 is 2.14 bits per heavy atom. The molecule has 0 aliphatic carbocycles. The molecule has 2 heteroatoms. The number of allylic oxidation sites excluding steroid dienone is 1. The zero-order valence-electron chi connectivity index (χ0n) is 8.27. The summed E-state index contributed by atoms with van der Waals surface area (Å²) in [5, 5.41) is 0.00917. The maximum Gasteiger partial charge on any atom is 0.143 e. The van der Waals surface area contributed by atoms with E-state index < -0.39 is 0 Å². The highest BCUT2D eigenvalue weighted by Gasteiger charge is 2.13. The summed E-state index contributed by atoms with van der Waals surface area (Å²) in [5.41, 5.74) is 0. The van der Waals surface area contributed by atoms with Crippen molar-refractivity contribution in [2.24, 2.45) is 0 Å². The monoisotopic (exact) mass is 206 g/mol. The number of rotatable bonds is 5. The molecule has 14 heavy (non-hydrogen) atoms. The van der Waals surface area contributed by atoms with Crippen LogP contribution in [0.5, 0.6) is 0 Å². The summed E-state index contributed by atoms with van der Waals surface area (Å²) in [6.07, 6.45) is 2.52. The molecule has 0 fully saturated rings. The molecule has 0 aliphatic heterocycles. The van der Waals surface area contributed by atoms with Crippen LogP contribution in [0.2, 0.25) is 0 Å². The summed E-state index contributed by atoms with van der Waals surface area (Å²) >= 11 is 1.60. The summed E-state index contributed by atoms with van der Waals surface area (Å²) in [4.78, 5) is 12.4. The maximum atomic E-state index is 11.3. The first kappa shape index (κ1) is 11.1. The number of hydrogen-bond acceptors (Lipinski definition) is 2. The molecule has 0 saturated heterocycles. The van der Waals surface area contributed by atoms with Gasteiger partial charge in [-0.2, -0.15) is 0 Å². The molecule has 0 N–H and O–H groups in total. The average Bonchev–Trinajstić information content (AvgIpc) is 2.18. The third kappa shape index (κ3) is 3.38. The van der Waals surface area contributed by atoms with Crippen LogP contribution in [0.15, 0.2) is 47.9 Å². The Morgan fingerprint density at radius 3 is 2.64 bits per heavy atom. The smallest absolute Gasteiger partial charge is 0.143 e. The lowest BCUT2D eigenvalue weighted by Crippen LogP contribution is -2.11. The van der Waals surface area contributed by atoms with Crippen molar-refractivity contribution in [2.45, 2.75) is 23.5 Å². The van der Waals surface area contributed by atoms with Crippen LogP contribution < -0.4 is 0 Å². The lowest BCUT2D eigenvalue weighted by atomic mass is 10.2. The standard InChI is InChI=1S/C12H14OS/c1-3-7-12(10(2)13)14-11-8-5-4-6-9-11/h3-6,8-9,12H,1,7H2,2H3. The van der Waals surface area contributed by atoms with Crippen molar-refractivity contribution in [1.29, 1.82) is 0 Å². The van der Waals surface area contributed by atoms with Gasteiger partial charge < -0.3 is 0 Å². The summed E-state index contributed by atoms with van der Waals surface area (Å²) in [7, 11) is 0. The van der Waals surface area contributed by atoms with Crippen molar-refractivity contribution in [3.05, 3.63) is 43.0 Å². The van der Waals surface area contributed by atoms with Crippen LogP contribution >= 0.6 is 11.8 Å². The summed E-state index contributed by atoms with van der Waals surface area (Å²) in [6, 6.07) is 9.97. The molecule has 0 spiro atoms. The van der Waals surface area contributed by atoms with Gasteiger partial charge in [0.2, 0.25) is 0 Å². The topological polar surface area (TPSA) is 17.1 Å². The molecule has 1 nitrogen and oxygen atoms in total. The molecule has 0 bridgehead atoms. The number of ketones is 1. The second kappa shape index (κ2) is 5.66. The summed E-state index contributed by atoms with van der Waals surface area (Å²) in [5.74, 6) is 0.207. The van der Waals surface area contributed by atoms with E-state index in [1.165, 1.54) is 0 Å². The van der Waals surface area contributed by atoms with Crippen LogP contribution in [0.4, 0.5) is 0 Å². The van der Waals surface area contributed by atoms with E-state index >= 15 is 0 Å². The minimum atomic E-state index is 0.00917. The number of thioether (sulfide) groups is 1. The fourth-order valence-corrected chi connectivity index (χ4v) is 2.15. The van der Waals surface area contributed by atoms with Crippen molar-refractivity contribution in [2.75, 3.05) is 0 Å². The second-order valence-corrected chi connectivity index (χ2v) is 4.33. The molecule has 0 heterocycles. The van der Waals surface area contributed by atoms with Crippen molar-refractivity contribution in [3.8, 4) is 0 Å². The number of carbonyl (C=O) groups excluding carboxylic acids is 1. The minimum Gasteiger partial charge on any atom is -0.299 e. The molecule has 0 aliphatic rings. The van der Waals surface area contributed by atoms with Gasteiger partial charge in [-0.25, -0.2) is 0 Å². The first-order valence-corrected chi connectivity index (χ1v) is 5.45. The molecule has 1 aromatic carbocycles. The van der Waals surface area contributed by atoms with Crippen LogP contribution in [0, 0.1) is 0 Å². The molecule has 0 saturated carbocycles. The Balaban J connectivity index is 2.64. The van der Waals surface area contributed by atoms with E-state index in [4.69, 9.17) is 0 Å². The number of hydrogen-bond donors (Lipinski definition) is 0. The SMILES string of the molecule is C=CCC(Sc1ccccc1)C(C)=O. The molecule has 1 atom stereocenters. The maximum absolute atomic E-state index is 11.3. The highest BCUT2D eigenvalue weighted by molar-refractivity contribution is 8.00. The van der Waals surface area contributed by atoms with Crippen LogP contribution in [-0.4, -0.2) is 11.0 Å². The first-order chi connectivity index (χ1) is 6.74. The van der Waals surface area contributed by atoms with Crippen LogP contribution in [-0.2, 0) is 4.79 Å². The molecule has 0 radical (unpaired) electrons. The Bertz CT molecular complexity index is 305. The summed E-state index contributed by atoms with van der Waals surface area (Å²) in [6.45, 7) is 5.29. The fraction of sp³-hybridized carbons (Fsp3) is 0.250. The molecule has 0 amide bonds. The third-order valence-electron chi connectivity index (χ3n) is 1.86. The Labute approximate surface area is 89.2 Å². The van der Waals surface area contributed by atoms with Gasteiger partial charge in [0.05, 0.1) is 5.25 Å². The average molecular weight is 206 g/mol. The van der Waals surface area contributed by atoms with E-state index in [2.05, 4.69) is 6.58 Å². The zero-order chi connectivity index (χ0) is 10.4. The molecule has 1 aromatic rings. The van der Waals surface area contributed by atoms with Crippen LogP contribution in [0.3, 0.4) is 0 Å². The molecule has 1 rings (SSSR count). The molecular formula is C12H14OS. The second-order valence-electron chi connectivity index (χ2n) is 3.05. The van der Waals surface area contributed by atoms with E-state index in [0.717, 1.165) is 11.3 Å². The molecular weight excluding hydrogens is 192 g/mol. The quantitative estimate of drug-likeness (QED) is 0.543. The van der Waals surface area contributed by atoms with Crippen molar-refractivity contribution in [3.63, 3.8) is 0 Å². The number of benzene rings is 1. The lowest BCUT2D eigenvalue weighted by molar-refractivity contribution is -0.116. The zero-order valence-corrected chi connectivity index (χ0v) is 9.09. The van der Waals surface area contributed by atoms with E-state index in [-0.39, 0.29) is 11.0 Å². The van der Waals surface area contributed by atoms with E-state index in [1.54, 1.807) is 24.8 Å². The summed E-state index contributed by atoms with van der Waals surface area (Å²) < 4.78 is 0. The largest absolute Gasteiger partial charge is 0.299 e. The predicted molar refractivity (Wildman–Crippen MR) is 61.6 cm³/mol. The predicted octanol–water partition coefficient (Wildman–Crippen LogP) is 3.31. The Morgan fingerprint density at radius 1 is 1.50 bits per heavy atom. The van der Waals surface area contributed by atoms with E-state index in [9.17, 15) is 4.79 Å². The van der Waals surface area contributed by atoms with Crippen molar-refractivity contribution in [1.82, 2.24) is 0 Å². The lowest BCUT2D eigenvalue weighted by Gasteiger charge is -2.10. The van der Waals surface area contributed by atoms with E-state index in [1.807, 2.05) is 30.3 Å².